The van der Waals surface area contributed by atoms with E-state index in [0.29, 0.717) is 17.5 Å². The summed E-state index contributed by atoms with van der Waals surface area (Å²) >= 11 is 0. The van der Waals surface area contributed by atoms with Crippen molar-refractivity contribution in [2.24, 2.45) is 0 Å². The number of benzene rings is 3. The predicted octanol–water partition coefficient (Wildman–Crippen LogP) is 5.55. The molecule has 1 atom stereocenters. The lowest BCUT2D eigenvalue weighted by atomic mass is 10.1. The molecule has 6 heteroatoms. The molecular formula is C27H33ClN2O3. The third kappa shape index (κ3) is 8.79. The molecule has 0 aliphatic rings. The zero-order chi connectivity index (χ0) is 22.8. The van der Waals surface area contributed by atoms with Crippen LogP contribution in [0.2, 0.25) is 0 Å². The van der Waals surface area contributed by atoms with Gasteiger partial charge in [0.15, 0.2) is 18.1 Å². The molecule has 0 saturated carbocycles. The molecule has 0 aliphatic carbocycles. The van der Waals surface area contributed by atoms with Gasteiger partial charge in [0.05, 0.1) is 7.11 Å². The highest BCUT2D eigenvalue weighted by Crippen LogP contribution is 2.28. The number of carbonyl (C=O) groups excluding carboxylic acids is 1. The normalized spacial score (nSPS) is 11.2. The number of nitrogens with one attached hydrogen (secondary N) is 2. The number of hydrogen-bond acceptors (Lipinski definition) is 4. The summed E-state index contributed by atoms with van der Waals surface area (Å²) in [5, 5.41) is 6.39. The topological polar surface area (TPSA) is 59.6 Å². The minimum Gasteiger partial charge on any atom is -0.493 e. The lowest BCUT2D eigenvalue weighted by molar-refractivity contribution is -0.118. The fraction of sp³-hybridized carbons (Fsp3) is 0.296. The van der Waals surface area contributed by atoms with Crippen molar-refractivity contribution in [3.63, 3.8) is 0 Å². The molecular weight excluding hydrogens is 436 g/mol. The molecule has 3 aromatic carbocycles. The average molecular weight is 469 g/mol. The van der Waals surface area contributed by atoms with E-state index in [2.05, 4.69) is 41.8 Å². The summed E-state index contributed by atoms with van der Waals surface area (Å²) in [5.41, 5.74) is 4.35. The van der Waals surface area contributed by atoms with Crippen LogP contribution < -0.4 is 20.1 Å². The van der Waals surface area contributed by atoms with Crippen molar-refractivity contribution in [1.82, 2.24) is 5.32 Å². The van der Waals surface area contributed by atoms with Gasteiger partial charge in [0, 0.05) is 18.3 Å². The summed E-state index contributed by atoms with van der Waals surface area (Å²) < 4.78 is 11.2. The lowest BCUT2D eigenvalue weighted by Gasteiger charge is -2.16. The van der Waals surface area contributed by atoms with Crippen LogP contribution >= 0.6 is 12.4 Å². The molecule has 5 nitrogen and oxygen atoms in total. The van der Waals surface area contributed by atoms with Crippen LogP contribution in [0, 0.1) is 6.92 Å². The first-order valence-electron chi connectivity index (χ1n) is 11.0. The Kier molecular flexibility index (Phi) is 10.7. The Bertz CT molecular complexity index is 994. The maximum Gasteiger partial charge on any atom is 0.262 e. The quantitative estimate of drug-likeness (QED) is 0.387. The lowest BCUT2D eigenvalue weighted by Crippen LogP contribution is -2.26. The van der Waals surface area contributed by atoms with E-state index in [0.717, 1.165) is 36.2 Å². The fourth-order valence-electron chi connectivity index (χ4n) is 3.34. The van der Waals surface area contributed by atoms with Gasteiger partial charge < -0.3 is 20.1 Å². The minimum absolute atomic E-state index is 0. The number of halogens is 1. The Morgan fingerprint density at radius 3 is 2.36 bits per heavy atom. The van der Waals surface area contributed by atoms with Crippen LogP contribution in [0.15, 0.2) is 72.8 Å². The van der Waals surface area contributed by atoms with E-state index in [-0.39, 0.29) is 24.9 Å². The molecule has 0 fully saturated rings. The Balaban J connectivity index is 0.00000385. The molecule has 33 heavy (non-hydrogen) atoms. The highest BCUT2D eigenvalue weighted by atomic mass is 35.5. The van der Waals surface area contributed by atoms with Crippen molar-refractivity contribution in [2.75, 3.05) is 19.0 Å². The summed E-state index contributed by atoms with van der Waals surface area (Å²) in [5.74, 6) is 0.950. The van der Waals surface area contributed by atoms with Crippen molar-refractivity contribution >= 4 is 24.0 Å². The number of rotatable bonds is 11. The molecule has 0 bridgehead atoms. The van der Waals surface area contributed by atoms with E-state index in [9.17, 15) is 4.79 Å². The van der Waals surface area contributed by atoms with Gasteiger partial charge >= 0.3 is 0 Å². The highest BCUT2D eigenvalue weighted by Gasteiger charge is 2.10. The van der Waals surface area contributed by atoms with E-state index >= 15 is 0 Å². The van der Waals surface area contributed by atoms with E-state index in [4.69, 9.17) is 9.47 Å². The average Bonchev–Trinajstić information content (AvgIpc) is 2.82. The third-order valence-electron chi connectivity index (χ3n) is 5.29. The van der Waals surface area contributed by atoms with Crippen molar-refractivity contribution in [1.29, 1.82) is 0 Å². The van der Waals surface area contributed by atoms with E-state index in [1.54, 1.807) is 7.11 Å². The molecule has 0 saturated heterocycles. The predicted molar refractivity (Wildman–Crippen MR) is 137 cm³/mol. The molecule has 3 rings (SSSR count). The van der Waals surface area contributed by atoms with Gasteiger partial charge in [-0.25, -0.2) is 0 Å². The van der Waals surface area contributed by atoms with Crippen LogP contribution in [0.4, 0.5) is 5.69 Å². The number of carbonyl (C=O) groups is 1. The first-order chi connectivity index (χ1) is 15.5. The standard InChI is InChI=1S/C27H32N2O3.ClH/c1-20-9-14-24(15-10-20)29-27(30)19-32-25-16-13-23(17-26(25)31-3)18-28-21(2)11-12-22-7-5-4-6-8-22;/h4-10,13-17,21,28H,11-12,18-19H2,1-3H3,(H,29,30);1H. The van der Waals surface area contributed by atoms with Gasteiger partial charge in [-0.1, -0.05) is 54.1 Å². The van der Waals surface area contributed by atoms with Crippen molar-refractivity contribution in [2.45, 2.75) is 39.3 Å². The van der Waals surface area contributed by atoms with Gasteiger partial charge in [-0.3, -0.25) is 4.79 Å². The van der Waals surface area contributed by atoms with Crippen molar-refractivity contribution in [3.8, 4) is 11.5 Å². The second-order valence-electron chi connectivity index (χ2n) is 7.99. The second kappa shape index (κ2) is 13.5. The minimum atomic E-state index is -0.214. The van der Waals surface area contributed by atoms with Gasteiger partial charge in [-0.15, -0.1) is 12.4 Å². The van der Waals surface area contributed by atoms with Crippen molar-refractivity contribution in [3.05, 3.63) is 89.5 Å². The van der Waals surface area contributed by atoms with Gasteiger partial charge in [-0.2, -0.15) is 0 Å². The Labute approximate surface area is 202 Å². The number of ether oxygens (including phenoxy) is 2. The van der Waals surface area contributed by atoms with Gasteiger partial charge in [0.2, 0.25) is 0 Å². The molecule has 0 aromatic heterocycles. The largest absolute Gasteiger partial charge is 0.493 e. The number of anilines is 1. The third-order valence-corrected chi connectivity index (χ3v) is 5.29. The molecule has 1 unspecified atom stereocenters. The number of aryl methyl sites for hydroxylation is 2. The van der Waals surface area contributed by atoms with Crippen LogP contribution in [-0.2, 0) is 17.8 Å². The Morgan fingerprint density at radius 2 is 1.67 bits per heavy atom. The van der Waals surface area contributed by atoms with Crippen molar-refractivity contribution < 1.29 is 14.3 Å². The molecule has 0 aliphatic heterocycles. The van der Waals surface area contributed by atoms with Crippen LogP contribution in [0.1, 0.15) is 30.0 Å². The van der Waals surface area contributed by atoms with E-state index < -0.39 is 0 Å². The van der Waals surface area contributed by atoms with E-state index in [1.807, 2.05) is 55.5 Å². The van der Waals surface area contributed by atoms with Crippen LogP contribution in [0.25, 0.3) is 0 Å². The molecule has 2 N–H and O–H groups in total. The summed E-state index contributed by atoms with van der Waals surface area (Å²) in [6.45, 7) is 4.86. The summed E-state index contributed by atoms with van der Waals surface area (Å²) in [7, 11) is 1.61. The van der Waals surface area contributed by atoms with Gasteiger partial charge in [0.25, 0.3) is 5.91 Å². The monoisotopic (exact) mass is 468 g/mol. The highest BCUT2D eigenvalue weighted by molar-refractivity contribution is 5.91. The number of hydrogen-bond donors (Lipinski definition) is 2. The SMILES string of the molecule is COc1cc(CNC(C)CCc2ccccc2)ccc1OCC(=O)Nc1ccc(C)cc1.Cl. The van der Waals surface area contributed by atoms with Gasteiger partial charge in [0.1, 0.15) is 0 Å². The zero-order valence-electron chi connectivity index (χ0n) is 19.5. The molecule has 3 aromatic rings. The molecule has 1 amide bonds. The Morgan fingerprint density at radius 1 is 0.939 bits per heavy atom. The first kappa shape index (κ1) is 26.2. The van der Waals surface area contributed by atoms with Crippen LogP contribution in [0.3, 0.4) is 0 Å². The van der Waals surface area contributed by atoms with Crippen LogP contribution in [0.5, 0.6) is 11.5 Å². The van der Waals surface area contributed by atoms with Gasteiger partial charge in [-0.05, 0) is 62.1 Å². The second-order valence-corrected chi connectivity index (χ2v) is 7.99. The van der Waals surface area contributed by atoms with Crippen LogP contribution in [-0.4, -0.2) is 25.7 Å². The zero-order valence-corrected chi connectivity index (χ0v) is 20.3. The van der Waals surface area contributed by atoms with E-state index in [1.165, 1.54) is 5.56 Å². The molecule has 0 spiro atoms. The maximum absolute atomic E-state index is 12.2. The first-order valence-corrected chi connectivity index (χ1v) is 11.0. The molecule has 0 heterocycles. The Hall–Kier alpha value is -3.02. The number of methoxy groups -OCH3 is 1. The number of amides is 1. The maximum atomic E-state index is 12.2. The molecule has 0 radical (unpaired) electrons. The smallest absolute Gasteiger partial charge is 0.262 e. The summed E-state index contributed by atoms with van der Waals surface area (Å²) in [6, 6.07) is 24.4. The molecule has 176 valence electrons. The summed E-state index contributed by atoms with van der Waals surface area (Å²) in [4.78, 5) is 12.2. The summed E-state index contributed by atoms with van der Waals surface area (Å²) in [6.07, 6.45) is 2.12. The fourth-order valence-corrected chi connectivity index (χ4v) is 3.34.